The van der Waals surface area contributed by atoms with Gasteiger partial charge in [0, 0.05) is 13.1 Å². The van der Waals surface area contributed by atoms with Crippen LogP contribution in [0, 0.1) is 0 Å². The van der Waals surface area contributed by atoms with Crippen molar-refractivity contribution in [2.24, 2.45) is 0 Å². The van der Waals surface area contributed by atoms with E-state index in [2.05, 4.69) is 10.1 Å². The molecular weight excluding hydrogens is 210 g/mol. The third-order valence-electron chi connectivity index (χ3n) is 2.60. The molecule has 1 atom stereocenters. The van der Waals surface area contributed by atoms with Crippen LogP contribution in [0.4, 0.5) is 5.95 Å². The van der Waals surface area contributed by atoms with Crippen LogP contribution in [-0.2, 0) is 11.3 Å². The summed E-state index contributed by atoms with van der Waals surface area (Å²) in [5, 5.41) is 13.3. The van der Waals surface area contributed by atoms with E-state index in [1.165, 1.54) is 11.0 Å². The number of rotatable bonds is 2. The van der Waals surface area contributed by atoms with E-state index in [-0.39, 0.29) is 18.4 Å². The minimum absolute atomic E-state index is 0.0661. The van der Waals surface area contributed by atoms with Gasteiger partial charge in [-0.15, -0.1) is 5.10 Å². The molecule has 0 radical (unpaired) electrons. The zero-order valence-corrected chi connectivity index (χ0v) is 8.91. The number of likely N-dealkylation sites (tertiary alicyclic amines) is 1. The van der Waals surface area contributed by atoms with Crippen LogP contribution >= 0.6 is 0 Å². The second-order valence-electron chi connectivity index (χ2n) is 3.94. The number of amides is 1. The van der Waals surface area contributed by atoms with Crippen molar-refractivity contribution in [1.29, 1.82) is 0 Å². The lowest BCUT2D eigenvalue weighted by Gasteiger charge is -2.29. The second kappa shape index (κ2) is 4.48. The number of nitrogen functional groups attached to an aromatic ring is 1. The summed E-state index contributed by atoms with van der Waals surface area (Å²) in [5.74, 6) is 0.0927. The third kappa shape index (κ3) is 2.48. The molecule has 88 valence electrons. The normalized spacial score (nSPS) is 21.1. The number of anilines is 1. The Morgan fingerprint density at radius 3 is 3.12 bits per heavy atom. The maximum absolute atomic E-state index is 11.8. The number of nitrogens with zero attached hydrogens (tertiary/aromatic N) is 4. The summed E-state index contributed by atoms with van der Waals surface area (Å²) in [6.07, 6.45) is 2.62. The first-order valence-electron chi connectivity index (χ1n) is 5.26. The molecular formula is C9H15N5O2. The molecule has 1 aliphatic rings. The first kappa shape index (κ1) is 10.9. The van der Waals surface area contributed by atoms with Crippen molar-refractivity contribution in [2.75, 3.05) is 18.8 Å². The number of aromatic nitrogens is 3. The zero-order chi connectivity index (χ0) is 11.5. The number of hydrogen-bond acceptors (Lipinski definition) is 5. The fourth-order valence-electron chi connectivity index (χ4n) is 1.81. The summed E-state index contributed by atoms with van der Waals surface area (Å²) in [6.45, 7) is 1.22. The van der Waals surface area contributed by atoms with Crippen LogP contribution in [0.5, 0.6) is 0 Å². The topological polar surface area (TPSA) is 97.3 Å². The Bertz CT molecular complexity index is 378. The molecule has 2 heterocycles. The van der Waals surface area contributed by atoms with Crippen LogP contribution in [0.15, 0.2) is 6.33 Å². The van der Waals surface area contributed by atoms with Gasteiger partial charge in [0.1, 0.15) is 12.9 Å². The number of piperidine rings is 1. The van der Waals surface area contributed by atoms with Gasteiger partial charge in [0.05, 0.1) is 6.10 Å². The lowest BCUT2D eigenvalue weighted by Crippen LogP contribution is -2.43. The number of aliphatic hydroxyl groups excluding tert-OH is 1. The van der Waals surface area contributed by atoms with Crippen LogP contribution in [0.1, 0.15) is 12.8 Å². The first-order chi connectivity index (χ1) is 7.65. The molecule has 1 fully saturated rings. The second-order valence-corrected chi connectivity index (χ2v) is 3.94. The fraction of sp³-hybridized carbons (Fsp3) is 0.667. The monoisotopic (exact) mass is 225 g/mol. The summed E-state index contributed by atoms with van der Waals surface area (Å²) in [5.41, 5.74) is 5.35. The number of aliphatic hydroxyl groups is 1. The maximum Gasteiger partial charge on any atom is 0.244 e. The van der Waals surface area contributed by atoms with E-state index in [0.717, 1.165) is 12.8 Å². The van der Waals surface area contributed by atoms with Crippen molar-refractivity contribution in [1.82, 2.24) is 19.7 Å². The minimum Gasteiger partial charge on any atom is -0.391 e. The van der Waals surface area contributed by atoms with E-state index in [9.17, 15) is 9.90 Å². The number of hydrogen-bond donors (Lipinski definition) is 2. The molecule has 1 aliphatic heterocycles. The molecule has 3 N–H and O–H groups in total. The first-order valence-corrected chi connectivity index (χ1v) is 5.26. The smallest absolute Gasteiger partial charge is 0.244 e. The summed E-state index contributed by atoms with van der Waals surface area (Å²) >= 11 is 0. The lowest BCUT2D eigenvalue weighted by atomic mass is 10.1. The molecule has 1 aromatic rings. The molecule has 1 amide bonds. The molecule has 2 rings (SSSR count). The Hall–Kier alpha value is -1.63. The highest BCUT2D eigenvalue weighted by Crippen LogP contribution is 2.10. The molecule has 16 heavy (non-hydrogen) atoms. The van der Waals surface area contributed by atoms with Gasteiger partial charge < -0.3 is 15.7 Å². The van der Waals surface area contributed by atoms with Crippen molar-refractivity contribution in [3.8, 4) is 0 Å². The number of carbonyl (C=O) groups excluding carboxylic acids is 1. The van der Waals surface area contributed by atoms with Crippen LogP contribution in [0.25, 0.3) is 0 Å². The molecule has 7 nitrogen and oxygen atoms in total. The maximum atomic E-state index is 11.8. The van der Waals surface area contributed by atoms with Crippen LogP contribution < -0.4 is 5.73 Å². The molecule has 1 unspecified atom stereocenters. The standard InChI is InChI=1S/C9H15N5O2/c10-9-11-6-14(12-9)5-8(16)13-3-1-2-7(15)4-13/h6-7,15H,1-5H2,(H2,10,12). The Labute approximate surface area is 92.9 Å². The molecule has 1 aromatic heterocycles. The Balaban J connectivity index is 1.92. The molecule has 0 bridgehead atoms. The van der Waals surface area contributed by atoms with E-state index in [1.54, 1.807) is 4.90 Å². The molecule has 0 saturated carbocycles. The molecule has 0 aliphatic carbocycles. The van der Waals surface area contributed by atoms with Crippen molar-refractivity contribution in [2.45, 2.75) is 25.5 Å². The SMILES string of the molecule is Nc1ncn(CC(=O)N2CCCC(O)C2)n1. The summed E-state index contributed by atoms with van der Waals surface area (Å²) < 4.78 is 1.40. The highest BCUT2D eigenvalue weighted by atomic mass is 16.3. The van der Waals surface area contributed by atoms with Gasteiger partial charge in [0.2, 0.25) is 11.9 Å². The average Bonchev–Trinajstić information content (AvgIpc) is 2.64. The molecule has 0 aromatic carbocycles. The average molecular weight is 225 g/mol. The Kier molecular flexibility index (Phi) is 3.04. The highest BCUT2D eigenvalue weighted by Gasteiger charge is 2.22. The van der Waals surface area contributed by atoms with Gasteiger partial charge in [-0.3, -0.25) is 4.79 Å². The van der Waals surface area contributed by atoms with Crippen molar-refractivity contribution < 1.29 is 9.90 Å². The van der Waals surface area contributed by atoms with Crippen LogP contribution in [0.2, 0.25) is 0 Å². The van der Waals surface area contributed by atoms with Gasteiger partial charge in [0.15, 0.2) is 0 Å². The molecule has 0 spiro atoms. The quantitative estimate of drug-likeness (QED) is 0.662. The minimum atomic E-state index is -0.404. The van der Waals surface area contributed by atoms with Gasteiger partial charge in [-0.05, 0) is 12.8 Å². The van der Waals surface area contributed by atoms with Gasteiger partial charge in [-0.2, -0.15) is 0 Å². The fourth-order valence-corrected chi connectivity index (χ4v) is 1.81. The Morgan fingerprint density at radius 1 is 1.69 bits per heavy atom. The van der Waals surface area contributed by atoms with Gasteiger partial charge >= 0.3 is 0 Å². The van der Waals surface area contributed by atoms with E-state index in [0.29, 0.717) is 13.1 Å². The van der Waals surface area contributed by atoms with Gasteiger partial charge in [0.25, 0.3) is 0 Å². The van der Waals surface area contributed by atoms with Crippen molar-refractivity contribution in [3.05, 3.63) is 6.33 Å². The van der Waals surface area contributed by atoms with Gasteiger partial charge in [-0.1, -0.05) is 0 Å². The zero-order valence-electron chi connectivity index (χ0n) is 8.91. The lowest BCUT2D eigenvalue weighted by molar-refractivity contribution is -0.135. The van der Waals surface area contributed by atoms with Gasteiger partial charge in [-0.25, -0.2) is 9.67 Å². The summed E-state index contributed by atoms with van der Waals surface area (Å²) in [4.78, 5) is 17.2. The summed E-state index contributed by atoms with van der Waals surface area (Å²) in [6, 6.07) is 0. The van der Waals surface area contributed by atoms with E-state index in [1.807, 2.05) is 0 Å². The Morgan fingerprint density at radius 2 is 2.50 bits per heavy atom. The van der Waals surface area contributed by atoms with Crippen LogP contribution in [-0.4, -0.2) is 49.9 Å². The predicted molar refractivity (Wildman–Crippen MR) is 56.3 cm³/mol. The largest absolute Gasteiger partial charge is 0.391 e. The van der Waals surface area contributed by atoms with Crippen LogP contribution in [0.3, 0.4) is 0 Å². The van der Waals surface area contributed by atoms with E-state index in [4.69, 9.17) is 5.73 Å². The highest BCUT2D eigenvalue weighted by molar-refractivity contribution is 5.76. The number of nitrogens with two attached hydrogens (primary N) is 1. The number of carbonyl (C=O) groups is 1. The predicted octanol–water partition coefficient (Wildman–Crippen LogP) is -1.16. The van der Waals surface area contributed by atoms with E-state index < -0.39 is 6.10 Å². The third-order valence-corrected chi connectivity index (χ3v) is 2.60. The molecule has 1 saturated heterocycles. The number of β-amino-alcohol motifs (C(OH)–C–C–N with tert-alkyl or cyclic N) is 1. The van der Waals surface area contributed by atoms with E-state index >= 15 is 0 Å². The van der Waals surface area contributed by atoms with Crippen molar-refractivity contribution >= 4 is 11.9 Å². The summed E-state index contributed by atoms with van der Waals surface area (Å²) in [7, 11) is 0. The van der Waals surface area contributed by atoms with Crippen molar-refractivity contribution in [3.63, 3.8) is 0 Å². The molecule has 7 heteroatoms.